The Morgan fingerprint density at radius 1 is 0.306 bits per heavy atom. The van der Waals surface area contributed by atoms with Crippen molar-refractivity contribution >= 4 is 0 Å². The van der Waals surface area contributed by atoms with Crippen LogP contribution in [0.5, 0.6) is 0 Å². The predicted molar refractivity (Wildman–Crippen MR) is 470 cm³/mol. The monoisotopic (exact) mass is 1550 g/mol. The van der Waals surface area contributed by atoms with E-state index in [1.807, 2.05) is 0 Å². The molecule has 9 heteroatoms. The first-order valence-corrected chi connectivity index (χ1v) is 50.1. The molecule has 12 heterocycles. The van der Waals surface area contributed by atoms with Gasteiger partial charge in [-0.2, -0.15) is 0 Å². The van der Waals surface area contributed by atoms with Crippen LogP contribution in [0.3, 0.4) is 0 Å². The quantitative estimate of drug-likeness (QED) is 0.189. The molecule has 4 N–H and O–H groups in total. The summed E-state index contributed by atoms with van der Waals surface area (Å²) in [4.78, 5) is 0. The third-order valence-electron chi connectivity index (χ3n) is 37.6. The fourth-order valence-electron chi connectivity index (χ4n) is 27.4. The predicted octanol–water partition coefficient (Wildman–Crippen LogP) is 25.1. The zero-order valence-electron chi connectivity index (χ0n) is 77.1. The van der Waals surface area contributed by atoms with Gasteiger partial charge < -0.3 is 45.0 Å². The van der Waals surface area contributed by atoms with Crippen molar-refractivity contribution in [3.05, 3.63) is 0 Å². The second kappa shape index (κ2) is 41.9. The van der Waals surface area contributed by atoms with Crippen molar-refractivity contribution in [3.8, 4) is 0 Å². The molecule has 21 aliphatic rings. The molecule has 0 aromatic rings. The highest BCUT2D eigenvalue weighted by molar-refractivity contribution is 5.04. The van der Waals surface area contributed by atoms with Crippen LogP contribution in [0.4, 0.5) is 0 Å². The van der Waals surface area contributed by atoms with E-state index in [4.69, 9.17) is 23.7 Å². The minimum absolute atomic E-state index is 0.296. The Morgan fingerprint density at radius 2 is 0.811 bits per heavy atom. The van der Waals surface area contributed by atoms with Gasteiger partial charge in [0.25, 0.3) is 0 Å². The Balaban J connectivity index is 0.000000123. The van der Waals surface area contributed by atoms with Crippen LogP contribution in [0, 0.1) is 146 Å². The average molecular weight is 1550 g/mol. The smallest absolute Gasteiger partial charge is 0.0708 e. The van der Waals surface area contributed by atoms with Gasteiger partial charge in [0.1, 0.15) is 0 Å². The summed E-state index contributed by atoms with van der Waals surface area (Å²) in [6.07, 6.45) is 56.6. The molecule has 21 fully saturated rings. The molecule has 0 amide bonds. The highest BCUT2D eigenvalue weighted by Gasteiger charge is 2.49. The van der Waals surface area contributed by atoms with Crippen LogP contribution in [0.25, 0.3) is 0 Å². The van der Waals surface area contributed by atoms with Gasteiger partial charge in [-0.25, -0.2) is 0 Å². The van der Waals surface area contributed by atoms with Gasteiger partial charge in [0.05, 0.1) is 30.5 Å². The molecule has 646 valence electrons. The first kappa shape index (κ1) is 91.4. The van der Waals surface area contributed by atoms with Crippen LogP contribution in [0.2, 0.25) is 0 Å². The van der Waals surface area contributed by atoms with Crippen LogP contribution in [0.1, 0.15) is 389 Å². The first-order chi connectivity index (χ1) is 53.0. The molecule has 12 aliphatic heterocycles. The topological polar surface area (TPSA) is 94.3 Å². The minimum Gasteiger partial charge on any atom is -0.381 e. The molecule has 9 nitrogen and oxygen atoms in total. The van der Waals surface area contributed by atoms with Gasteiger partial charge in [0.15, 0.2) is 0 Å². The third-order valence-corrected chi connectivity index (χ3v) is 37.6. The van der Waals surface area contributed by atoms with E-state index in [2.05, 4.69) is 160 Å². The van der Waals surface area contributed by atoms with E-state index in [9.17, 15) is 0 Å². The van der Waals surface area contributed by atoms with Crippen molar-refractivity contribution in [1.29, 1.82) is 0 Å². The maximum absolute atomic E-state index is 6.07. The van der Waals surface area contributed by atoms with Crippen LogP contribution < -0.4 is 21.3 Å². The average Bonchev–Trinajstić information content (AvgIpc) is 1.78. The highest BCUT2D eigenvalue weighted by Crippen LogP contribution is 2.54. The lowest BCUT2D eigenvalue weighted by Crippen LogP contribution is -2.64. The van der Waals surface area contributed by atoms with Gasteiger partial charge in [0.2, 0.25) is 0 Å². The van der Waals surface area contributed by atoms with Crippen LogP contribution in [0.15, 0.2) is 0 Å². The van der Waals surface area contributed by atoms with E-state index in [1.165, 1.54) is 257 Å². The van der Waals surface area contributed by atoms with Gasteiger partial charge in [-0.15, -0.1) is 0 Å². The summed E-state index contributed by atoms with van der Waals surface area (Å²) < 4.78 is 28.8. The zero-order valence-corrected chi connectivity index (χ0v) is 77.1. The maximum atomic E-state index is 6.07. The molecule has 21 rings (SSSR count). The Labute approximate surface area is 688 Å². The largest absolute Gasteiger partial charge is 0.381 e. The van der Waals surface area contributed by atoms with Crippen molar-refractivity contribution in [1.82, 2.24) is 21.3 Å². The number of hydrogen-bond acceptors (Lipinski definition) is 9. The minimum atomic E-state index is 0.296. The fourth-order valence-corrected chi connectivity index (χ4v) is 27.4. The lowest BCUT2D eigenvalue weighted by molar-refractivity contribution is -0.138. The Morgan fingerprint density at radius 3 is 1.26 bits per heavy atom. The molecule has 0 radical (unpaired) electrons. The molecule has 10 unspecified atom stereocenters. The Kier molecular flexibility index (Phi) is 34.5. The summed E-state index contributed by atoms with van der Waals surface area (Å²) in [5, 5.41) is 14.6. The van der Waals surface area contributed by atoms with E-state index in [0.29, 0.717) is 45.7 Å². The van der Waals surface area contributed by atoms with Crippen molar-refractivity contribution in [2.24, 2.45) is 146 Å². The van der Waals surface area contributed by atoms with Crippen molar-refractivity contribution in [2.75, 3.05) is 52.7 Å². The van der Waals surface area contributed by atoms with Crippen LogP contribution in [-0.4, -0.2) is 112 Å². The second-order valence-electron chi connectivity index (χ2n) is 45.8. The summed E-state index contributed by atoms with van der Waals surface area (Å²) in [5.74, 6) is 21.0. The molecular formula is C102H188N4O5. The van der Waals surface area contributed by atoms with E-state index in [-0.39, 0.29) is 0 Å². The maximum Gasteiger partial charge on any atom is 0.0708 e. The molecule has 9 saturated carbocycles. The van der Waals surface area contributed by atoms with E-state index >= 15 is 0 Å². The molecule has 111 heavy (non-hydrogen) atoms. The highest BCUT2D eigenvalue weighted by atomic mass is 16.5. The summed E-state index contributed by atoms with van der Waals surface area (Å²) in [6, 6.07) is 4.33. The number of nitrogens with one attached hydrogen (secondary N) is 4. The molecule has 12 saturated heterocycles. The lowest BCUT2D eigenvalue weighted by atomic mass is 9.62. The second-order valence-corrected chi connectivity index (χ2v) is 45.8. The molecule has 9 aliphatic carbocycles. The van der Waals surface area contributed by atoms with Gasteiger partial charge >= 0.3 is 0 Å². The van der Waals surface area contributed by atoms with Crippen LogP contribution in [-0.2, 0) is 23.7 Å². The summed E-state index contributed by atoms with van der Waals surface area (Å²) in [7, 11) is 0. The fraction of sp³-hybridized carbons (Fsp3) is 1.00. The van der Waals surface area contributed by atoms with E-state index in [0.717, 1.165) is 200 Å². The Hall–Kier alpha value is -0.360. The summed E-state index contributed by atoms with van der Waals surface area (Å²) >= 11 is 0. The zero-order chi connectivity index (χ0) is 79.4. The van der Waals surface area contributed by atoms with Crippen molar-refractivity contribution < 1.29 is 23.7 Å². The first-order valence-electron chi connectivity index (χ1n) is 50.1. The summed E-state index contributed by atoms with van der Waals surface area (Å²) in [6.45, 7) is 56.2. The summed E-state index contributed by atoms with van der Waals surface area (Å²) in [5.41, 5.74) is 2.66. The Bertz CT molecular complexity index is 2250. The number of fused-ring (bicyclic) bond motifs is 10. The standard InChI is InChI=1S/C12H23N.4C12H22O.C9H17N.C9H16.2C8H15N.C8H14O/c1-10-5-7-12(8-6-10)11(2)4-3-9-13-12;1-10-3-6-12(7-4-10)9-13-8-5-11(12)2;1-10-4-7-12(8-5-10)6-3-9-13-11(12)2;1-10-3-5-12(6-4-10)7-8-13-9-11(12)2;1-10-5-7-12(8-6-10)11(2)4-3-9-13-12;1-6-3-8-5-10-9(4-6)7(8)2;1-6-3-9-5-8(6)4-7(9)2;1-5-3-8-6(2)4-7(5)9-8;1-5-3-7-6(2)8(4-5)9-7;1-5-3-8-6(2)4-7(5)9-8/h10-11,13H,3-9H2,1-2H3;4*10-11H,3-9H2,1-2H3;6-10H,3-5H2,1-2H3;6-9H,3-5H2,1-2H3;2*5-9H,3-4H2,1-2H3;5-8H,3-4H2,1-2H3/t5*10?,11-,12?;6-,7+,8?,9?;6-,7-,8?,9?;5-,6-,7?,8?;;5-,6-,7?,8?/m00100011.1/s1. The van der Waals surface area contributed by atoms with Crippen molar-refractivity contribution in [3.63, 3.8) is 0 Å². The van der Waals surface area contributed by atoms with Crippen molar-refractivity contribution in [2.45, 2.75) is 449 Å². The lowest BCUT2D eigenvalue weighted by Gasteiger charge is -2.51. The number of piperidine rings is 2. The SMILES string of the molecule is CC1CC2NC(C1)C2C.CC1CCC2(CC1)COCC[C@@H]2C.CC1CCC2(CC1)NCCC[C@@H]2C.CC1CCC2(CC1)OCCC[C@@H]2C.CC1CCC2(CCCO[C@@H]2C)CC1.CC1CCC2(CCOC[C@@H]2C)CC1.C[C@@H]1CC2CC1C[C@H]2C.C[C@@H]1CC2NC1C[C@H]2C.C[C@@H]1CC2OC1C[C@H]2C.C[C@H]1CC2CNC(C1)[C@@H]2C. The molecule has 5 spiro atoms. The number of ether oxygens (including phenoxy) is 5. The number of rotatable bonds is 0. The van der Waals surface area contributed by atoms with Gasteiger partial charge in [-0.05, 0) is 378 Å². The van der Waals surface area contributed by atoms with Gasteiger partial charge in [-0.3, -0.25) is 0 Å². The van der Waals surface area contributed by atoms with Crippen LogP contribution >= 0.6 is 0 Å². The normalized spacial score (nSPS) is 50.5. The van der Waals surface area contributed by atoms with Gasteiger partial charge in [0, 0.05) is 68.8 Å². The molecule has 0 aromatic heterocycles. The van der Waals surface area contributed by atoms with E-state index in [1.54, 1.807) is 6.42 Å². The molecular weight excluding hydrogens is 1360 g/mol. The third kappa shape index (κ3) is 23.9. The molecule has 0 aromatic carbocycles. The molecule has 10 bridgehead atoms. The van der Waals surface area contributed by atoms with E-state index < -0.39 is 0 Å². The molecule has 23 atom stereocenters. The van der Waals surface area contributed by atoms with Gasteiger partial charge in [-0.1, -0.05) is 170 Å². The number of hydrogen-bond donors (Lipinski definition) is 4.